The van der Waals surface area contributed by atoms with Gasteiger partial charge in [-0.2, -0.15) is 0 Å². The van der Waals surface area contributed by atoms with E-state index in [9.17, 15) is 5.11 Å². The molecular formula is C21H26N2O2. The van der Waals surface area contributed by atoms with Gasteiger partial charge in [-0.1, -0.05) is 45.0 Å². The number of aryl methyl sites for hydroxylation is 1. The molecule has 0 fully saturated rings. The van der Waals surface area contributed by atoms with Crippen LogP contribution in [0.2, 0.25) is 0 Å². The Morgan fingerprint density at radius 3 is 2.64 bits per heavy atom. The molecule has 4 nitrogen and oxygen atoms in total. The molecule has 0 saturated heterocycles. The molecule has 0 spiro atoms. The van der Waals surface area contributed by atoms with Gasteiger partial charge >= 0.3 is 0 Å². The number of aliphatic hydroxyl groups is 1. The molecule has 0 aliphatic heterocycles. The van der Waals surface area contributed by atoms with Gasteiger partial charge in [-0.25, -0.2) is 4.98 Å². The van der Waals surface area contributed by atoms with E-state index in [4.69, 9.17) is 4.74 Å². The SMILES string of the molecule is Cc1cc(C(C)(C)C)ccc1OCC(O)Cn1cnc2ccccc21. The van der Waals surface area contributed by atoms with E-state index >= 15 is 0 Å². The van der Waals surface area contributed by atoms with Gasteiger partial charge in [-0.3, -0.25) is 0 Å². The summed E-state index contributed by atoms with van der Waals surface area (Å²) in [6.45, 7) is 9.34. The highest BCUT2D eigenvalue weighted by Gasteiger charge is 2.15. The van der Waals surface area contributed by atoms with Crippen LogP contribution in [0.4, 0.5) is 0 Å². The fourth-order valence-electron chi connectivity index (χ4n) is 2.90. The number of fused-ring (bicyclic) bond motifs is 1. The van der Waals surface area contributed by atoms with Crippen molar-refractivity contribution >= 4 is 11.0 Å². The number of hydrogen-bond acceptors (Lipinski definition) is 3. The highest BCUT2D eigenvalue weighted by atomic mass is 16.5. The number of para-hydroxylation sites is 2. The van der Waals surface area contributed by atoms with Crippen LogP contribution >= 0.6 is 0 Å². The number of benzene rings is 2. The third-order valence-electron chi connectivity index (χ3n) is 4.41. The highest BCUT2D eigenvalue weighted by molar-refractivity contribution is 5.74. The fourth-order valence-corrected chi connectivity index (χ4v) is 2.90. The summed E-state index contributed by atoms with van der Waals surface area (Å²) in [5, 5.41) is 10.3. The standard InChI is InChI=1S/C21H26N2O2/c1-15-11-16(21(2,3)4)9-10-20(15)25-13-17(24)12-23-14-22-18-7-5-6-8-19(18)23/h5-11,14,17,24H,12-13H2,1-4H3. The van der Waals surface area contributed by atoms with E-state index in [1.807, 2.05) is 41.8 Å². The van der Waals surface area contributed by atoms with E-state index < -0.39 is 6.10 Å². The number of ether oxygens (including phenoxy) is 1. The zero-order valence-electron chi connectivity index (χ0n) is 15.4. The smallest absolute Gasteiger partial charge is 0.122 e. The maximum atomic E-state index is 10.3. The molecular weight excluding hydrogens is 312 g/mol. The molecule has 4 heteroatoms. The first kappa shape index (κ1) is 17.5. The van der Waals surface area contributed by atoms with Gasteiger partial charge in [0, 0.05) is 0 Å². The second-order valence-electron chi connectivity index (χ2n) is 7.58. The zero-order valence-corrected chi connectivity index (χ0v) is 15.4. The minimum absolute atomic E-state index is 0.116. The summed E-state index contributed by atoms with van der Waals surface area (Å²) in [6.07, 6.45) is 1.16. The molecule has 1 aromatic heterocycles. The Morgan fingerprint density at radius 2 is 1.92 bits per heavy atom. The van der Waals surface area contributed by atoms with Gasteiger partial charge in [0.1, 0.15) is 18.5 Å². The third kappa shape index (κ3) is 4.02. The molecule has 0 saturated carbocycles. The Kier molecular flexibility index (Phi) is 4.82. The van der Waals surface area contributed by atoms with Gasteiger partial charge in [-0.15, -0.1) is 0 Å². The predicted molar refractivity (Wildman–Crippen MR) is 101 cm³/mol. The van der Waals surface area contributed by atoms with Crippen LogP contribution in [-0.2, 0) is 12.0 Å². The largest absolute Gasteiger partial charge is 0.491 e. The van der Waals surface area contributed by atoms with Crippen LogP contribution in [0.3, 0.4) is 0 Å². The minimum atomic E-state index is -0.598. The fraction of sp³-hybridized carbons (Fsp3) is 0.381. The van der Waals surface area contributed by atoms with Crippen molar-refractivity contribution in [3.63, 3.8) is 0 Å². The Hall–Kier alpha value is -2.33. The van der Waals surface area contributed by atoms with Crippen LogP contribution < -0.4 is 4.74 Å². The van der Waals surface area contributed by atoms with Crippen molar-refractivity contribution < 1.29 is 9.84 Å². The highest BCUT2D eigenvalue weighted by Crippen LogP contribution is 2.27. The zero-order chi connectivity index (χ0) is 18.0. The Bertz CT molecular complexity index is 862. The summed E-state index contributed by atoms with van der Waals surface area (Å²) < 4.78 is 7.80. The van der Waals surface area contributed by atoms with Crippen LogP contribution in [0.15, 0.2) is 48.8 Å². The molecule has 25 heavy (non-hydrogen) atoms. The van der Waals surface area contributed by atoms with Crippen LogP contribution in [0.5, 0.6) is 5.75 Å². The molecule has 0 aliphatic rings. The van der Waals surface area contributed by atoms with Gasteiger partial charge < -0.3 is 14.4 Å². The van der Waals surface area contributed by atoms with E-state index in [-0.39, 0.29) is 12.0 Å². The van der Waals surface area contributed by atoms with Crippen LogP contribution in [0.25, 0.3) is 11.0 Å². The van der Waals surface area contributed by atoms with Crippen molar-refractivity contribution in [2.75, 3.05) is 6.61 Å². The average molecular weight is 338 g/mol. The first-order valence-electron chi connectivity index (χ1n) is 8.66. The molecule has 1 N–H and O–H groups in total. The van der Waals surface area contributed by atoms with E-state index in [0.29, 0.717) is 6.54 Å². The molecule has 0 radical (unpaired) electrons. The molecule has 3 aromatic rings. The van der Waals surface area contributed by atoms with E-state index in [1.165, 1.54) is 5.56 Å². The number of aliphatic hydroxyl groups excluding tert-OH is 1. The summed E-state index contributed by atoms with van der Waals surface area (Å²) in [6, 6.07) is 14.2. The lowest BCUT2D eigenvalue weighted by atomic mass is 9.86. The van der Waals surface area contributed by atoms with Crippen molar-refractivity contribution in [3.05, 3.63) is 59.9 Å². The summed E-state index contributed by atoms with van der Waals surface area (Å²) in [4.78, 5) is 4.35. The number of nitrogens with zero attached hydrogens (tertiary/aromatic N) is 2. The van der Waals surface area contributed by atoms with Crippen LogP contribution in [-0.4, -0.2) is 27.4 Å². The van der Waals surface area contributed by atoms with Crippen molar-refractivity contribution in [1.29, 1.82) is 0 Å². The van der Waals surface area contributed by atoms with Crippen LogP contribution in [0.1, 0.15) is 31.9 Å². The summed E-state index contributed by atoms with van der Waals surface area (Å²) in [5.41, 5.74) is 4.44. The number of rotatable bonds is 5. The lowest BCUT2D eigenvalue weighted by Crippen LogP contribution is -2.23. The number of hydrogen-bond donors (Lipinski definition) is 1. The minimum Gasteiger partial charge on any atom is -0.491 e. The van der Waals surface area contributed by atoms with Gasteiger partial charge in [0.2, 0.25) is 0 Å². The predicted octanol–water partition coefficient (Wildman–Crippen LogP) is 4.08. The van der Waals surface area contributed by atoms with E-state index in [2.05, 4.69) is 37.9 Å². The second kappa shape index (κ2) is 6.89. The Labute approximate surface area is 149 Å². The lowest BCUT2D eigenvalue weighted by Gasteiger charge is -2.21. The maximum absolute atomic E-state index is 10.3. The normalized spacial score (nSPS) is 13.2. The van der Waals surface area contributed by atoms with Crippen LogP contribution in [0, 0.1) is 6.92 Å². The topological polar surface area (TPSA) is 47.3 Å². The summed E-state index contributed by atoms with van der Waals surface area (Å²) in [7, 11) is 0. The van der Waals surface area contributed by atoms with E-state index in [1.54, 1.807) is 6.33 Å². The lowest BCUT2D eigenvalue weighted by molar-refractivity contribution is 0.0931. The monoisotopic (exact) mass is 338 g/mol. The van der Waals surface area contributed by atoms with Gasteiger partial charge in [0.25, 0.3) is 0 Å². The molecule has 0 amide bonds. The van der Waals surface area contributed by atoms with Gasteiger partial charge in [0.15, 0.2) is 0 Å². The molecule has 0 aliphatic carbocycles. The third-order valence-corrected chi connectivity index (χ3v) is 4.41. The maximum Gasteiger partial charge on any atom is 0.122 e. The van der Waals surface area contributed by atoms with Gasteiger partial charge in [-0.05, 0) is 41.7 Å². The molecule has 1 unspecified atom stereocenters. The summed E-state index contributed by atoms with van der Waals surface area (Å²) >= 11 is 0. The Morgan fingerprint density at radius 1 is 1.16 bits per heavy atom. The molecule has 1 heterocycles. The molecule has 0 bridgehead atoms. The average Bonchev–Trinajstić information content (AvgIpc) is 2.96. The van der Waals surface area contributed by atoms with Crippen molar-refractivity contribution in [3.8, 4) is 5.75 Å². The molecule has 132 valence electrons. The first-order valence-corrected chi connectivity index (χ1v) is 8.66. The summed E-state index contributed by atoms with van der Waals surface area (Å²) in [5.74, 6) is 0.822. The van der Waals surface area contributed by atoms with E-state index in [0.717, 1.165) is 22.3 Å². The van der Waals surface area contributed by atoms with Crippen molar-refractivity contribution in [2.24, 2.45) is 0 Å². The van der Waals surface area contributed by atoms with Crippen molar-refractivity contribution in [1.82, 2.24) is 9.55 Å². The molecule has 3 rings (SSSR count). The van der Waals surface area contributed by atoms with Gasteiger partial charge in [0.05, 0.1) is 23.9 Å². The molecule has 1 atom stereocenters. The molecule has 2 aromatic carbocycles. The first-order chi connectivity index (χ1) is 11.8. The Balaban J connectivity index is 1.63. The van der Waals surface area contributed by atoms with Crippen molar-refractivity contribution in [2.45, 2.75) is 45.8 Å². The number of aromatic nitrogens is 2. The number of imidazole rings is 1. The second-order valence-corrected chi connectivity index (χ2v) is 7.58. The quantitative estimate of drug-likeness (QED) is 0.762.